The molecule has 20 heavy (non-hydrogen) atoms. The van der Waals surface area contributed by atoms with Crippen molar-refractivity contribution in [1.82, 2.24) is 5.32 Å². The highest BCUT2D eigenvalue weighted by atomic mass is 79.9. The highest BCUT2D eigenvalue weighted by molar-refractivity contribution is 9.10. The summed E-state index contributed by atoms with van der Waals surface area (Å²) in [4.78, 5) is 11.9. The Labute approximate surface area is 127 Å². The Morgan fingerprint density at radius 2 is 1.95 bits per heavy atom. The number of amides is 1. The minimum atomic E-state index is -0.00164. The van der Waals surface area contributed by atoms with Crippen LogP contribution in [-0.2, 0) is 17.8 Å². The van der Waals surface area contributed by atoms with Crippen LogP contribution in [0.3, 0.4) is 0 Å². The zero-order valence-electron chi connectivity index (χ0n) is 11.2. The second kappa shape index (κ2) is 7.10. The van der Waals surface area contributed by atoms with Crippen molar-refractivity contribution in [3.63, 3.8) is 0 Å². The van der Waals surface area contributed by atoms with E-state index < -0.39 is 0 Å². The van der Waals surface area contributed by atoms with Crippen molar-refractivity contribution >= 4 is 21.8 Å². The van der Waals surface area contributed by atoms with Crippen LogP contribution in [0.1, 0.15) is 11.1 Å². The Morgan fingerprint density at radius 1 is 1.20 bits per heavy atom. The molecule has 2 aromatic carbocycles. The summed E-state index contributed by atoms with van der Waals surface area (Å²) in [5.74, 6) is 0.770. The van der Waals surface area contributed by atoms with Gasteiger partial charge in [0.1, 0.15) is 5.75 Å². The molecule has 0 fully saturated rings. The summed E-state index contributed by atoms with van der Waals surface area (Å²) in [6.07, 6.45) is 0.386. The van der Waals surface area contributed by atoms with Crippen LogP contribution < -0.4 is 10.1 Å². The maximum absolute atomic E-state index is 11.9. The van der Waals surface area contributed by atoms with Gasteiger partial charge in [-0.05, 0) is 23.8 Å². The molecule has 2 aromatic rings. The van der Waals surface area contributed by atoms with Gasteiger partial charge in [-0.2, -0.15) is 0 Å². The number of rotatable bonds is 5. The lowest BCUT2D eigenvalue weighted by Gasteiger charge is -2.10. The van der Waals surface area contributed by atoms with Crippen molar-refractivity contribution in [1.29, 1.82) is 0 Å². The van der Waals surface area contributed by atoms with Gasteiger partial charge in [0.25, 0.3) is 0 Å². The normalized spacial score (nSPS) is 10.1. The quantitative estimate of drug-likeness (QED) is 0.911. The summed E-state index contributed by atoms with van der Waals surface area (Å²) in [6.45, 7) is 0.453. The van der Waals surface area contributed by atoms with Gasteiger partial charge in [0.05, 0.1) is 13.5 Å². The molecule has 0 bridgehead atoms. The zero-order chi connectivity index (χ0) is 14.4. The Bertz CT molecular complexity index is 584. The second-order valence-electron chi connectivity index (χ2n) is 4.40. The first-order valence-electron chi connectivity index (χ1n) is 6.32. The topological polar surface area (TPSA) is 38.3 Å². The van der Waals surface area contributed by atoms with Crippen molar-refractivity contribution in [3.05, 3.63) is 64.1 Å². The average Bonchev–Trinajstić information content (AvgIpc) is 2.46. The fourth-order valence-electron chi connectivity index (χ4n) is 1.92. The first kappa shape index (κ1) is 14.6. The van der Waals surface area contributed by atoms with Crippen LogP contribution in [0, 0.1) is 0 Å². The van der Waals surface area contributed by atoms with Crippen LogP contribution in [0.15, 0.2) is 53.0 Å². The van der Waals surface area contributed by atoms with E-state index in [-0.39, 0.29) is 5.91 Å². The van der Waals surface area contributed by atoms with E-state index in [1.54, 1.807) is 7.11 Å². The maximum Gasteiger partial charge on any atom is 0.224 e. The molecule has 0 aliphatic carbocycles. The lowest BCUT2D eigenvalue weighted by molar-refractivity contribution is -0.120. The summed E-state index contributed by atoms with van der Waals surface area (Å²) >= 11 is 3.42. The Hall–Kier alpha value is -1.81. The minimum Gasteiger partial charge on any atom is -0.496 e. The summed E-state index contributed by atoms with van der Waals surface area (Å²) in [7, 11) is 1.62. The molecular weight excluding hydrogens is 318 g/mol. The number of ether oxygens (including phenoxy) is 1. The lowest BCUT2D eigenvalue weighted by Crippen LogP contribution is -2.24. The number of carbonyl (C=O) groups is 1. The van der Waals surface area contributed by atoms with Gasteiger partial charge in [0.15, 0.2) is 0 Å². The summed E-state index contributed by atoms with van der Waals surface area (Å²) in [5, 5.41) is 2.91. The van der Waals surface area contributed by atoms with E-state index in [0.29, 0.717) is 13.0 Å². The molecule has 4 heteroatoms. The van der Waals surface area contributed by atoms with E-state index in [2.05, 4.69) is 21.2 Å². The molecule has 0 radical (unpaired) electrons. The summed E-state index contributed by atoms with van der Waals surface area (Å²) < 4.78 is 6.24. The summed E-state index contributed by atoms with van der Waals surface area (Å²) in [6, 6.07) is 15.4. The predicted octanol–water partition coefficient (Wildman–Crippen LogP) is 3.32. The highest BCUT2D eigenvalue weighted by Crippen LogP contribution is 2.22. The van der Waals surface area contributed by atoms with Gasteiger partial charge in [-0.15, -0.1) is 0 Å². The monoisotopic (exact) mass is 333 g/mol. The molecule has 0 unspecified atom stereocenters. The fourth-order valence-corrected chi connectivity index (χ4v) is 2.33. The fraction of sp³-hybridized carbons (Fsp3) is 0.188. The minimum absolute atomic E-state index is 0.00164. The molecule has 2 rings (SSSR count). The third-order valence-corrected chi connectivity index (χ3v) is 3.42. The number of benzene rings is 2. The van der Waals surface area contributed by atoms with Crippen LogP contribution in [0.4, 0.5) is 0 Å². The number of nitrogens with one attached hydrogen (secondary N) is 1. The third kappa shape index (κ3) is 4.10. The Morgan fingerprint density at radius 3 is 2.65 bits per heavy atom. The average molecular weight is 334 g/mol. The van der Waals surface area contributed by atoms with Crippen molar-refractivity contribution in [2.45, 2.75) is 13.0 Å². The molecule has 104 valence electrons. The molecule has 0 atom stereocenters. The summed E-state index contributed by atoms with van der Waals surface area (Å²) in [5.41, 5.74) is 1.95. The molecule has 0 aliphatic rings. The van der Waals surface area contributed by atoms with Crippen LogP contribution in [0.25, 0.3) is 0 Å². The van der Waals surface area contributed by atoms with Gasteiger partial charge in [0, 0.05) is 16.6 Å². The van der Waals surface area contributed by atoms with E-state index in [1.807, 2.05) is 48.5 Å². The molecule has 1 N–H and O–H groups in total. The smallest absolute Gasteiger partial charge is 0.224 e. The number of methoxy groups -OCH3 is 1. The Balaban J connectivity index is 1.95. The van der Waals surface area contributed by atoms with Gasteiger partial charge in [-0.25, -0.2) is 0 Å². The van der Waals surface area contributed by atoms with E-state index >= 15 is 0 Å². The van der Waals surface area contributed by atoms with Gasteiger partial charge in [0.2, 0.25) is 5.91 Å². The Kier molecular flexibility index (Phi) is 5.18. The van der Waals surface area contributed by atoms with Crippen LogP contribution in [0.2, 0.25) is 0 Å². The first-order valence-corrected chi connectivity index (χ1v) is 7.11. The standard InChI is InChI=1S/C16H16BrNO2/c1-20-15-8-7-14(17)10-13(15)11-18-16(19)9-12-5-3-2-4-6-12/h2-8,10H,9,11H2,1H3,(H,18,19). The molecule has 0 spiro atoms. The van der Waals surface area contributed by atoms with E-state index in [1.165, 1.54) is 0 Å². The number of hydrogen-bond acceptors (Lipinski definition) is 2. The molecule has 0 heterocycles. The van der Waals surface area contributed by atoms with Crippen LogP contribution in [-0.4, -0.2) is 13.0 Å². The molecule has 0 aromatic heterocycles. The van der Waals surface area contributed by atoms with Gasteiger partial charge >= 0.3 is 0 Å². The maximum atomic E-state index is 11.9. The predicted molar refractivity (Wildman–Crippen MR) is 82.7 cm³/mol. The third-order valence-electron chi connectivity index (χ3n) is 2.93. The van der Waals surface area contributed by atoms with Crippen LogP contribution in [0.5, 0.6) is 5.75 Å². The highest BCUT2D eigenvalue weighted by Gasteiger charge is 2.07. The molecule has 3 nitrogen and oxygen atoms in total. The first-order chi connectivity index (χ1) is 9.69. The zero-order valence-corrected chi connectivity index (χ0v) is 12.8. The molecule has 1 amide bonds. The van der Waals surface area contributed by atoms with E-state index in [4.69, 9.17) is 4.74 Å². The van der Waals surface area contributed by atoms with Crippen molar-refractivity contribution in [2.75, 3.05) is 7.11 Å². The number of halogens is 1. The molecule has 0 saturated heterocycles. The van der Waals surface area contributed by atoms with Crippen molar-refractivity contribution < 1.29 is 9.53 Å². The van der Waals surface area contributed by atoms with Gasteiger partial charge in [-0.3, -0.25) is 4.79 Å². The molecular formula is C16H16BrNO2. The van der Waals surface area contributed by atoms with Crippen molar-refractivity contribution in [2.24, 2.45) is 0 Å². The van der Waals surface area contributed by atoms with Gasteiger partial charge in [-0.1, -0.05) is 46.3 Å². The van der Waals surface area contributed by atoms with Gasteiger partial charge < -0.3 is 10.1 Å². The molecule has 0 saturated carbocycles. The number of hydrogen-bond donors (Lipinski definition) is 1. The van der Waals surface area contributed by atoms with E-state index in [0.717, 1.165) is 21.3 Å². The van der Waals surface area contributed by atoms with Crippen molar-refractivity contribution in [3.8, 4) is 5.75 Å². The molecule has 0 aliphatic heterocycles. The number of carbonyl (C=O) groups excluding carboxylic acids is 1. The lowest BCUT2D eigenvalue weighted by atomic mass is 10.1. The van der Waals surface area contributed by atoms with E-state index in [9.17, 15) is 4.79 Å². The SMILES string of the molecule is COc1ccc(Br)cc1CNC(=O)Cc1ccccc1. The van der Waals surface area contributed by atoms with Crippen LogP contribution >= 0.6 is 15.9 Å². The largest absolute Gasteiger partial charge is 0.496 e. The second-order valence-corrected chi connectivity index (χ2v) is 5.31.